The maximum absolute atomic E-state index is 15.8. The molecular weight excluding hydrogens is 495 g/mol. The molecule has 0 spiro atoms. The van der Waals surface area contributed by atoms with Crippen LogP contribution in [0.1, 0.15) is 28.4 Å². The van der Waals surface area contributed by atoms with E-state index >= 15 is 8.78 Å². The molecule has 0 saturated carbocycles. The molecule has 3 aromatic rings. The molecule has 0 aliphatic carbocycles. The van der Waals surface area contributed by atoms with E-state index in [9.17, 15) is 33.0 Å². The Morgan fingerprint density at radius 3 is 2.29 bits per heavy atom. The number of ether oxygens (including phenoxy) is 1. The molecule has 0 fully saturated rings. The molecule has 1 heterocycles. The molecule has 0 radical (unpaired) electrons. The number of carboxylic acids is 1. The first-order chi connectivity index (χ1) is 16.4. The van der Waals surface area contributed by atoms with Crippen molar-refractivity contribution in [3.8, 4) is 17.2 Å². The Hall–Kier alpha value is -3.86. The van der Waals surface area contributed by atoms with Gasteiger partial charge in [0.05, 0.1) is 10.6 Å². The molecule has 0 amide bonds. The van der Waals surface area contributed by atoms with Gasteiger partial charge in [-0.15, -0.1) is 11.8 Å². The molecule has 0 atom stereocenters. The van der Waals surface area contributed by atoms with Crippen molar-refractivity contribution in [2.45, 2.75) is 11.8 Å². The van der Waals surface area contributed by atoms with E-state index in [4.69, 9.17) is 4.74 Å². The molecule has 0 aromatic heterocycles. The molecule has 5 nitrogen and oxygen atoms in total. The van der Waals surface area contributed by atoms with E-state index in [2.05, 4.69) is 6.58 Å². The number of Topliss-reactive ketones (excluding diaryl/α,β-unsaturated/α-hetero) is 1. The summed E-state index contributed by atoms with van der Waals surface area (Å²) in [6, 6.07) is 3.35. The van der Waals surface area contributed by atoms with Crippen LogP contribution in [-0.2, 0) is 4.79 Å². The number of hydrogen-bond acceptors (Lipinski definition) is 5. The number of thioether (sulfide) groups is 1. The molecule has 3 aromatic carbocycles. The summed E-state index contributed by atoms with van der Waals surface area (Å²) in [7, 11) is 0. The minimum absolute atomic E-state index is 0.167. The van der Waals surface area contributed by atoms with Gasteiger partial charge in [-0.1, -0.05) is 6.58 Å². The van der Waals surface area contributed by atoms with Crippen molar-refractivity contribution in [3.63, 3.8) is 0 Å². The molecule has 11 heteroatoms. The van der Waals surface area contributed by atoms with Crippen LogP contribution in [0.2, 0.25) is 0 Å². The van der Waals surface area contributed by atoms with Crippen molar-refractivity contribution < 1.29 is 46.5 Å². The van der Waals surface area contributed by atoms with Gasteiger partial charge in [0.25, 0.3) is 0 Å². The second-order valence-electron chi connectivity index (χ2n) is 7.53. The van der Waals surface area contributed by atoms with Crippen LogP contribution in [0, 0.1) is 29.1 Å². The highest BCUT2D eigenvalue weighted by atomic mass is 32.2. The molecule has 35 heavy (non-hydrogen) atoms. The van der Waals surface area contributed by atoms with E-state index in [1.807, 2.05) is 0 Å². The van der Waals surface area contributed by atoms with E-state index in [0.29, 0.717) is 17.8 Å². The van der Waals surface area contributed by atoms with Crippen LogP contribution >= 0.6 is 11.8 Å². The summed E-state index contributed by atoms with van der Waals surface area (Å²) >= 11 is 0.293. The van der Waals surface area contributed by atoms with Crippen LogP contribution in [-0.4, -0.2) is 27.7 Å². The number of fused-ring (bicyclic) bond motifs is 2. The van der Waals surface area contributed by atoms with Gasteiger partial charge in [-0.3, -0.25) is 4.79 Å². The third-order valence-corrected chi connectivity index (χ3v) is 6.32. The lowest BCUT2D eigenvalue weighted by Gasteiger charge is -2.24. The molecular formula is C24H13F5O5S. The second kappa shape index (κ2) is 8.73. The summed E-state index contributed by atoms with van der Waals surface area (Å²) in [5.74, 6) is -11.9. The number of rotatable bonds is 5. The monoisotopic (exact) mass is 508 g/mol. The van der Waals surface area contributed by atoms with E-state index in [1.54, 1.807) is 0 Å². The van der Waals surface area contributed by atoms with Crippen molar-refractivity contribution in [2.24, 2.45) is 0 Å². The minimum Gasteiger partial charge on any atom is -0.505 e. The SMILES string of the molecule is C=c1cc2c(cc1F)=C(c1c(F)c(SCC(C)=O)c(F)c(F)c1C(=O)O)c1cc(F)c(O)cc1O2. The van der Waals surface area contributed by atoms with Gasteiger partial charge in [0.15, 0.2) is 23.2 Å². The van der Waals surface area contributed by atoms with Crippen LogP contribution < -0.4 is 15.2 Å². The molecule has 1 aliphatic heterocycles. The van der Waals surface area contributed by atoms with Gasteiger partial charge in [-0.25, -0.2) is 26.7 Å². The summed E-state index contributed by atoms with van der Waals surface area (Å²) in [6.07, 6.45) is 0. The highest BCUT2D eigenvalue weighted by Crippen LogP contribution is 2.43. The first-order valence-electron chi connectivity index (χ1n) is 9.72. The first kappa shape index (κ1) is 24.3. The quantitative estimate of drug-likeness (QED) is 0.239. The van der Waals surface area contributed by atoms with Gasteiger partial charge in [-0.2, -0.15) is 0 Å². The third-order valence-electron chi connectivity index (χ3n) is 5.12. The fraction of sp³-hybridized carbons (Fsp3) is 0.0833. The Labute approximate surface area is 197 Å². The summed E-state index contributed by atoms with van der Waals surface area (Å²) in [4.78, 5) is 22.3. The predicted molar refractivity (Wildman–Crippen MR) is 116 cm³/mol. The molecule has 4 rings (SSSR count). The summed E-state index contributed by atoms with van der Waals surface area (Å²) < 4.78 is 79.9. The number of hydrogen-bond donors (Lipinski definition) is 2. The zero-order chi connectivity index (χ0) is 25.8. The average molecular weight is 508 g/mol. The summed E-state index contributed by atoms with van der Waals surface area (Å²) in [5, 5.41) is 19.0. The van der Waals surface area contributed by atoms with E-state index in [1.165, 1.54) is 0 Å². The molecule has 2 N–H and O–H groups in total. The maximum Gasteiger partial charge on any atom is 0.339 e. The first-order valence-corrected chi connectivity index (χ1v) is 10.7. The molecule has 0 unspecified atom stereocenters. The highest BCUT2D eigenvalue weighted by Gasteiger charge is 2.34. The number of halogens is 5. The standard InChI is InChI=1S/C24H13F5O5S/c1-8-3-15-10(4-12(8)25)17(11-5-13(26)14(31)6-16(11)34-15)18-19(24(32)33)20(27)22(29)23(21(18)28)35-7-9(2)30/h3-6,31H,1,7H2,2H3,(H,32,33). The zero-order valence-corrected chi connectivity index (χ0v) is 18.5. The van der Waals surface area contributed by atoms with Gasteiger partial charge >= 0.3 is 5.97 Å². The lowest BCUT2D eigenvalue weighted by molar-refractivity contribution is -0.114. The molecule has 180 valence electrons. The van der Waals surface area contributed by atoms with Crippen LogP contribution in [0.3, 0.4) is 0 Å². The maximum atomic E-state index is 15.8. The number of carbonyl (C=O) groups is 2. The smallest absolute Gasteiger partial charge is 0.339 e. The fourth-order valence-electron chi connectivity index (χ4n) is 3.61. The number of aromatic hydroxyl groups is 1. The van der Waals surface area contributed by atoms with Crippen LogP contribution in [0.15, 0.2) is 29.2 Å². The second-order valence-corrected chi connectivity index (χ2v) is 8.52. The van der Waals surface area contributed by atoms with Crippen LogP contribution in [0.5, 0.6) is 17.2 Å². The van der Waals surface area contributed by atoms with Crippen LogP contribution in [0.4, 0.5) is 22.0 Å². The van der Waals surface area contributed by atoms with Gasteiger partial charge in [0, 0.05) is 33.2 Å². The number of phenols is 1. The minimum atomic E-state index is -2.06. The molecule has 0 saturated heterocycles. The Kier molecular flexibility index (Phi) is 6.05. The predicted octanol–water partition coefficient (Wildman–Crippen LogP) is 4.23. The Morgan fingerprint density at radius 1 is 0.971 bits per heavy atom. The third kappa shape index (κ3) is 4.01. The van der Waals surface area contributed by atoms with Gasteiger partial charge in [0.1, 0.15) is 34.5 Å². The van der Waals surface area contributed by atoms with Crippen molar-refractivity contribution in [1.82, 2.24) is 0 Å². The number of phenolic OH excluding ortho intramolecular Hbond substituents is 1. The number of aromatic carboxylic acids is 1. The van der Waals surface area contributed by atoms with Crippen LogP contribution in [0.25, 0.3) is 12.2 Å². The lowest BCUT2D eigenvalue weighted by Crippen LogP contribution is -2.24. The van der Waals surface area contributed by atoms with E-state index < -0.39 is 73.9 Å². The van der Waals surface area contributed by atoms with Gasteiger partial charge in [0.2, 0.25) is 0 Å². The lowest BCUT2D eigenvalue weighted by atomic mass is 9.88. The van der Waals surface area contributed by atoms with Crippen molar-refractivity contribution in [1.29, 1.82) is 0 Å². The molecule has 1 aliphatic rings. The molecule has 0 bridgehead atoms. The number of ketones is 1. The number of carbonyl (C=O) groups excluding carboxylic acids is 1. The summed E-state index contributed by atoms with van der Waals surface area (Å²) in [6.45, 7) is 4.60. The van der Waals surface area contributed by atoms with E-state index in [0.717, 1.165) is 25.1 Å². The number of carboxylic acid groups (broad SMARTS) is 1. The summed E-state index contributed by atoms with van der Waals surface area (Å²) in [5.41, 5.74) is -3.35. The van der Waals surface area contributed by atoms with Crippen molar-refractivity contribution >= 4 is 35.7 Å². The normalized spacial score (nSPS) is 12.1. The van der Waals surface area contributed by atoms with Gasteiger partial charge in [-0.05, 0) is 25.1 Å². The Morgan fingerprint density at radius 2 is 1.66 bits per heavy atom. The Bertz CT molecular complexity index is 1570. The zero-order valence-electron chi connectivity index (χ0n) is 17.6. The topological polar surface area (TPSA) is 83.8 Å². The van der Waals surface area contributed by atoms with Crippen molar-refractivity contribution in [3.05, 3.63) is 80.5 Å². The highest BCUT2D eigenvalue weighted by molar-refractivity contribution is 8.00. The van der Waals surface area contributed by atoms with Gasteiger partial charge < -0.3 is 14.9 Å². The van der Waals surface area contributed by atoms with E-state index in [-0.39, 0.29) is 27.5 Å². The Balaban J connectivity index is 2.24. The number of benzene rings is 3. The van der Waals surface area contributed by atoms with Crippen molar-refractivity contribution in [2.75, 3.05) is 5.75 Å². The fourth-order valence-corrected chi connectivity index (χ4v) is 4.40. The average Bonchev–Trinajstić information content (AvgIpc) is 2.77. The largest absolute Gasteiger partial charge is 0.505 e.